The van der Waals surface area contributed by atoms with E-state index in [0.717, 1.165) is 16.1 Å². The van der Waals surface area contributed by atoms with Crippen LogP contribution in [-0.4, -0.2) is 10.5 Å². The van der Waals surface area contributed by atoms with E-state index in [1.807, 2.05) is 42.5 Å². The summed E-state index contributed by atoms with van der Waals surface area (Å²) < 4.78 is 1.73. The maximum absolute atomic E-state index is 12.8. The van der Waals surface area contributed by atoms with E-state index in [-0.39, 0.29) is 0 Å². The van der Waals surface area contributed by atoms with Crippen LogP contribution in [0, 0.1) is 0 Å². The largest absolute Gasteiger partial charge is 0.384 e. The molecule has 7 heteroatoms. The van der Waals surface area contributed by atoms with Crippen LogP contribution in [0.3, 0.4) is 0 Å². The third kappa shape index (κ3) is 3.98. The maximum atomic E-state index is 12.8. The van der Waals surface area contributed by atoms with Crippen molar-refractivity contribution in [2.75, 3.05) is 5.73 Å². The molecule has 3 aromatic carbocycles. The summed E-state index contributed by atoms with van der Waals surface area (Å²) in [5.41, 5.74) is 8.49. The lowest BCUT2D eigenvalue weighted by Crippen LogP contribution is -2.17. The van der Waals surface area contributed by atoms with Gasteiger partial charge in [-0.15, -0.1) is 0 Å². The molecule has 0 bridgehead atoms. The normalized spacial score (nSPS) is 11.6. The third-order valence-corrected chi connectivity index (χ3v) is 5.93. The first-order valence-corrected chi connectivity index (χ1v) is 10.3. The molecule has 0 saturated heterocycles. The monoisotopic (exact) mass is 439 g/mol. The number of anilines is 1. The van der Waals surface area contributed by atoms with Crippen LogP contribution >= 0.6 is 34.5 Å². The van der Waals surface area contributed by atoms with Gasteiger partial charge >= 0.3 is 0 Å². The van der Waals surface area contributed by atoms with Gasteiger partial charge in [0.15, 0.2) is 4.80 Å². The molecule has 0 fully saturated rings. The fourth-order valence-corrected chi connectivity index (χ4v) is 4.37. The minimum atomic E-state index is -0.438. The number of nitrogens with two attached hydrogens (primary N) is 1. The number of benzene rings is 3. The number of amides is 1. The molecule has 144 valence electrons. The van der Waals surface area contributed by atoms with Crippen molar-refractivity contribution >= 4 is 46.3 Å². The van der Waals surface area contributed by atoms with Gasteiger partial charge < -0.3 is 5.73 Å². The summed E-state index contributed by atoms with van der Waals surface area (Å²) in [6.45, 7) is 0. The van der Waals surface area contributed by atoms with Gasteiger partial charge in [-0.1, -0.05) is 83.1 Å². The Hall–Kier alpha value is -2.86. The molecular formula is C22H15Cl2N3OS. The zero-order valence-electron chi connectivity index (χ0n) is 15.0. The quantitative estimate of drug-likeness (QED) is 0.435. The van der Waals surface area contributed by atoms with Crippen LogP contribution < -0.4 is 10.5 Å². The first-order valence-electron chi connectivity index (χ1n) is 8.71. The Balaban J connectivity index is 1.95. The molecule has 0 saturated carbocycles. The van der Waals surface area contributed by atoms with Crippen molar-refractivity contribution in [2.24, 2.45) is 4.99 Å². The molecule has 0 aliphatic carbocycles. The zero-order valence-corrected chi connectivity index (χ0v) is 17.4. The number of hydrogen-bond acceptors (Lipinski definition) is 3. The van der Waals surface area contributed by atoms with Crippen LogP contribution in [0.4, 0.5) is 5.82 Å². The lowest BCUT2D eigenvalue weighted by molar-refractivity contribution is 0.0998. The topological polar surface area (TPSA) is 60.4 Å². The van der Waals surface area contributed by atoms with E-state index in [0.29, 0.717) is 26.2 Å². The number of carbonyl (C=O) groups is 1. The Labute approximate surface area is 181 Å². The molecule has 1 heterocycles. The standard InChI is InChI=1S/C22H15Cl2N3OS/c23-15-9-6-10-16(13-15)27-20(25)19(14-7-2-1-3-8-14)29-22(27)26-21(28)17-11-4-5-12-18(17)24/h1-13H,25H2. The highest BCUT2D eigenvalue weighted by Crippen LogP contribution is 2.31. The number of halogens is 2. The molecule has 0 radical (unpaired) electrons. The molecule has 1 amide bonds. The molecule has 4 aromatic rings. The first-order chi connectivity index (χ1) is 14.0. The van der Waals surface area contributed by atoms with Crippen molar-refractivity contribution in [3.63, 3.8) is 0 Å². The van der Waals surface area contributed by atoms with Gasteiger partial charge in [-0.2, -0.15) is 4.99 Å². The van der Waals surface area contributed by atoms with E-state index in [1.54, 1.807) is 41.0 Å². The molecule has 0 atom stereocenters. The second-order valence-corrected chi connectivity index (χ2v) is 8.00. The fourth-order valence-electron chi connectivity index (χ4n) is 2.91. The maximum Gasteiger partial charge on any atom is 0.281 e. The van der Waals surface area contributed by atoms with Crippen LogP contribution in [0.5, 0.6) is 0 Å². The van der Waals surface area contributed by atoms with Gasteiger partial charge in [0.25, 0.3) is 5.91 Å². The van der Waals surface area contributed by atoms with Crippen molar-refractivity contribution < 1.29 is 4.79 Å². The molecular weight excluding hydrogens is 425 g/mol. The highest BCUT2D eigenvalue weighted by atomic mass is 35.5. The molecule has 1 aromatic heterocycles. The minimum Gasteiger partial charge on any atom is -0.384 e. The number of aromatic nitrogens is 1. The summed E-state index contributed by atoms with van der Waals surface area (Å²) in [5.74, 6) is 0.0430. The number of thiazole rings is 1. The summed E-state index contributed by atoms with van der Waals surface area (Å²) in [5, 5.41) is 0.911. The average molecular weight is 440 g/mol. The average Bonchev–Trinajstić information content (AvgIpc) is 3.04. The van der Waals surface area contributed by atoms with E-state index in [9.17, 15) is 4.79 Å². The van der Waals surface area contributed by atoms with Crippen LogP contribution in [0.15, 0.2) is 83.9 Å². The molecule has 2 N–H and O–H groups in total. The Bertz CT molecular complexity index is 1260. The Morgan fingerprint density at radius 1 is 0.931 bits per heavy atom. The molecule has 4 rings (SSSR count). The van der Waals surface area contributed by atoms with Gasteiger partial charge in [-0.05, 0) is 35.9 Å². The van der Waals surface area contributed by atoms with E-state index in [4.69, 9.17) is 28.9 Å². The van der Waals surface area contributed by atoms with Crippen molar-refractivity contribution in [1.82, 2.24) is 4.57 Å². The number of carbonyl (C=O) groups excluding carboxylic acids is 1. The van der Waals surface area contributed by atoms with E-state index < -0.39 is 5.91 Å². The summed E-state index contributed by atoms with van der Waals surface area (Å²) in [6.07, 6.45) is 0. The highest BCUT2D eigenvalue weighted by Gasteiger charge is 2.16. The van der Waals surface area contributed by atoms with Gasteiger partial charge in [0.1, 0.15) is 5.82 Å². The van der Waals surface area contributed by atoms with Crippen LogP contribution in [0.25, 0.3) is 16.1 Å². The van der Waals surface area contributed by atoms with Crippen LogP contribution in [0.1, 0.15) is 10.4 Å². The Morgan fingerprint density at radius 3 is 2.38 bits per heavy atom. The predicted octanol–water partition coefficient (Wildman–Crippen LogP) is 5.84. The first kappa shape index (κ1) is 19.5. The Kier molecular flexibility index (Phi) is 5.53. The number of nitrogens with zero attached hydrogens (tertiary/aromatic N) is 2. The predicted molar refractivity (Wildman–Crippen MR) is 120 cm³/mol. The Morgan fingerprint density at radius 2 is 1.66 bits per heavy atom. The summed E-state index contributed by atoms with van der Waals surface area (Å²) >= 11 is 13.7. The van der Waals surface area contributed by atoms with E-state index in [2.05, 4.69) is 4.99 Å². The number of rotatable bonds is 3. The lowest BCUT2D eigenvalue weighted by Gasteiger charge is -2.07. The third-order valence-electron chi connectivity index (χ3n) is 4.26. The molecule has 0 spiro atoms. The summed E-state index contributed by atoms with van der Waals surface area (Å²) in [6, 6.07) is 23.8. The van der Waals surface area contributed by atoms with Gasteiger partial charge in [0, 0.05) is 5.02 Å². The second kappa shape index (κ2) is 8.25. The van der Waals surface area contributed by atoms with Crippen LogP contribution in [-0.2, 0) is 0 Å². The highest BCUT2D eigenvalue weighted by molar-refractivity contribution is 7.13. The smallest absolute Gasteiger partial charge is 0.281 e. The van der Waals surface area contributed by atoms with Gasteiger partial charge in [0.05, 0.1) is 21.2 Å². The molecule has 0 aliphatic rings. The van der Waals surface area contributed by atoms with Crippen molar-refractivity contribution in [1.29, 1.82) is 0 Å². The number of hydrogen-bond donors (Lipinski definition) is 1. The zero-order chi connectivity index (χ0) is 20.4. The second-order valence-electron chi connectivity index (χ2n) is 6.18. The molecule has 0 aliphatic heterocycles. The van der Waals surface area contributed by atoms with Gasteiger partial charge in [0.2, 0.25) is 0 Å². The molecule has 0 unspecified atom stereocenters. The van der Waals surface area contributed by atoms with Crippen LogP contribution in [0.2, 0.25) is 10.0 Å². The van der Waals surface area contributed by atoms with Crippen molar-refractivity contribution in [3.8, 4) is 16.1 Å². The number of nitrogen functional groups attached to an aromatic ring is 1. The van der Waals surface area contributed by atoms with Crippen molar-refractivity contribution in [3.05, 3.63) is 99.3 Å². The molecule has 29 heavy (non-hydrogen) atoms. The van der Waals surface area contributed by atoms with Gasteiger partial charge in [-0.25, -0.2) is 0 Å². The van der Waals surface area contributed by atoms with E-state index >= 15 is 0 Å². The van der Waals surface area contributed by atoms with Gasteiger partial charge in [-0.3, -0.25) is 9.36 Å². The van der Waals surface area contributed by atoms with E-state index in [1.165, 1.54) is 11.3 Å². The molecule has 4 nitrogen and oxygen atoms in total. The van der Waals surface area contributed by atoms with Crippen molar-refractivity contribution in [2.45, 2.75) is 0 Å². The lowest BCUT2D eigenvalue weighted by atomic mass is 10.2. The summed E-state index contributed by atoms with van der Waals surface area (Å²) in [7, 11) is 0. The summed E-state index contributed by atoms with van der Waals surface area (Å²) in [4.78, 5) is 18.4. The fraction of sp³-hybridized carbons (Fsp3) is 0. The SMILES string of the molecule is Nc1c(-c2ccccc2)sc(=NC(=O)c2ccccc2Cl)n1-c1cccc(Cl)c1. The minimum absolute atomic E-state index is 0.333.